The van der Waals surface area contributed by atoms with Gasteiger partial charge in [-0.05, 0) is 6.92 Å². The summed E-state index contributed by atoms with van der Waals surface area (Å²) in [4.78, 5) is 0. The van der Waals surface area contributed by atoms with Crippen LogP contribution in [0.5, 0.6) is 0 Å². The predicted octanol–water partition coefficient (Wildman–Crippen LogP) is 0.570. The number of hydrogen-bond acceptors (Lipinski definition) is 2. The van der Waals surface area contributed by atoms with E-state index in [4.69, 9.17) is 9.84 Å². The monoisotopic (exact) mass is 116 g/mol. The minimum Gasteiger partial charge on any atom is -0.387 e. The lowest BCUT2D eigenvalue weighted by atomic mass is 10.4. The molecule has 8 heavy (non-hydrogen) atoms. The average molecular weight is 116 g/mol. The van der Waals surface area contributed by atoms with E-state index in [1.165, 1.54) is 6.08 Å². The SMILES string of the molecule is C=CC(O)COCC. The third-order valence-corrected chi connectivity index (χ3v) is 0.765. The first-order valence-corrected chi connectivity index (χ1v) is 2.69. The molecule has 2 heteroatoms. The Morgan fingerprint density at radius 3 is 2.88 bits per heavy atom. The van der Waals surface area contributed by atoms with E-state index in [-0.39, 0.29) is 0 Å². The Kier molecular flexibility index (Phi) is 4.61. The molecule has 0 heterocycles. The maximum atomic E-state index is 8.75. The van der Waals surface area contributed by atoms with Gasteiger partial charge in [0.25, 0.3) is 0 Å². The van der Waals surface area contributed by atoms with Gasteiger partial charge in [-0.25, -0.2) is 0 Å². The topological polar surface area (TPSA) is 29.5 Å². The van der Waals surface area contributed by atoms with Crippen LogP contribution in [-0.4, -0.2) is 24.4 Å². The van der Waals surface area contributed by atoms with Crippen LogP contribution in [0.25, 0.3) is 0 Å². The number of aliphatic hydroxyl groups is 1. The maximum Gasteiger partial charge on any atom is 0.0951 e. The van der Waals surface area contributed by atoms with Crippen LogP contribution >= 0.6 is 0 Å². The largest absolute Gasteiger partial charge is 0.387 e. The van der Waals surface area contributed by atoms with Crippen molar-refractivity contribution in [3.8, 4) is 0 Å². The fourth-order valence-corrected chi connectivity index (χ4v) is 0.307. The van der Waals surface area contributed by atoms with Gasteiger partial charge in [0, 0.05) is 6.61 Å². The standard InChI is InChI=1S/C6H12O2/c1-3-6(7)5-8-4-2/h3,6-7H,1,4-5H2,2H3. The molecule has 0 rings (SSSR count). The molecule has 0 aromatic rings. The highest BCUT2D eigenvalue weighted by Gasteiger charge is 1.93. The Hall–Kier alpha value is -0.340. The third kappa shape index (κ3) is 3.84. The van der Waals surface area contributed by atoms with Gasteiger partial charge in [0.1, 0.15) is 0 Å². The molecule has 1 unspecified atom stereocenters. The average Bonchev–Trinajstić information content (AvgIpc) is 1.83. The third-order valence-electron chi connectivity index (χ3n) is 0.765. The lowest BCUT2D eigenvalue weighted by Crippen LogP contribution is -2.10. The van der Waals surface area contributed by atoms with Gasteiger partial charge in [-0.3, -0.25) is 0 Å². The van der Waals surface area contributed by atoms with Crippen LogP contribution in [0, 0.1) is 0 Å². The van der Waals surface area contributed by atoms with Crippen LogP contribution in [0.4, 0.5) is 0 Å². The van der Waals surface area contributed by atoms with E-state index in [1.54, 1.807) is 0 Å². The van der Waals surface area contributed by atoms with E-state index >= 15 is 0 Å². The predicted molar refractivity (Wildman–Crippen MR) is 32.7 cm³/mol. The fraction of sp³-hybridized carbons (Fsp3) is 0.667. The number of rotatable bonds is 4. The van der Waals surface area contributed by atoms with E-state index in [1.807, 2.05) is 6.92 Å². The van der Waals surface area contributed by atoms with Gasteiger partial charge in [-0.15, -0.1) is 6.58 Å². The second kappa shape index (κ2) is 4.81. The van der Waals surface area contributed by atoms with Gasteiger partial charge in [0.05, 0.1) is 12.7 Å². The molecule has 0 amide bonds. The Morgan fingerprint density at radius 1 is 1.88 bits per heavy atom. The van der Waals surface area contributed by atoms with Crippen LogP contribution < -0.4 is 0 Å². The van der Waals surface area contributed by atoms with Crippen molar-refractivity contribution in [2.45, 2.75) is 13.0 Å². The molecule has 0 bridgehead atoms. The molecule has 0 aliphatic carbocycles. The molecule has 48 valence electrons. The van der Waals surface area contributed by atoms with Gasteiger partial charge >= 0.3 is 0 Å². The number of ether oxygens (including phenoxy) is 1. The van der Waals surface area contributed by atoms with Crippen molar-refractivity contribution in [2.75, 3.05) is 13.2 Å². The molecular formula is C6H12O2. The molecule has 0 saturated carbocycles. The minimum absolute atomic E-state index is 0.361. The first-order valence-electron chi connectivity index (χ1n) is 2.69. The van der Waals surface area contributed by atoms with E-state index in [2.05, 4.69) is 6.58 Å². The smallest absolute Gasteiger partial charge is 0.0951 e. The Bertz CT molecular complexity index is 61.5. The minimum atomic E-state index is -0.505. The van der Waals surface area contributed by atoms with E-state index < -0.39 is 6.10 Å². The van der Waals surface area contributed by atoms with Gasteiger partial charge < -0.3 is 9.84 Å². The summed E-state index contributed by atoms with van der Waals surface area (Å²) in [6, 6.07) is 0. The van der Waals surface area contributed by atoms with E-state index in [0.29, 0.717) is 13.2 Å². The molecule has 0 fully saturated rings. The summed E-state index contributed by atoms with van der Waals surface area (Å²) in [7, 11) is 0. The maximum absolute atomic E-state index is 8.75. The molecule has 0 aliphatic heterocycles. The highest BCUT2D eigenvalue weighted by molar-refractivity contribution is 4.76. The van der Waals surface area contributed by atoms with E-state index in [0.717, 1.165) is 0 Å². The summed E-state index contributed by atoms with van der Waals surface area (Å²) in [6.07, 6.45) is 0.949. The normalized spacial score (nSPS) is 13.2. The summed E-state index contributed by atoms with van der Waals surface area (Å²) >= 11 is 0. The molecule has 0 spiro atoms. The van der Waals surface area contributed by atoms with Gasteiger partial charge in [-0.1, -0.05) is 6.08 Å². The zero-order valence-corrected chi connectivity index (χ0v) is 5.13. The van der Waals surface area contributed by atoms with Crippen LogP contribution in [0.3, 0.4) is 0 Å². The zero-order chi connectivity index (χ0) is 6.41. The van der Waals surface area contributed by atoms with Crippen molar-refractivity contribution in [1.82, 2.24) is 0 Å². The van der Waals surface area contributed by atoms with Crippen LogP contribution in [0.1, 0.15) is 6.92 Å². The van der Waals surface area contributed by atoms with Gasteiger partial charge in [0.15, 0.2) is 0 Å². The van der Waals surface area contributed by atoms with Crippen molar-refractivity contribution in [3.63, 3.8) is 0 Å². The van der Waals surface area contributed by atoms with Crippen molar-refractivity contribution < 1.29 is 9.84 Å². The molecule has 0 aromatic heterocycles. The second-order valence-electron chi connectivity index (χ2n) is 1.46. The van der Waals surface area contributed by atoms with Crippen LogP contribution in [-0.2, 0) is 4.74 Å². The summed E-state index contributed by atoms with van der Waals surface area (Å²) in [5.74, 6) is 0. The lowest BCUT2D eigenvalue weighted by molar-refractivity contribution is 0.0670. The summed E-state index contributed by atoms with van der Waals surface area (Å²) < 4.78 is 4.86. The summed E-state index contributed by atoms with van der Waals surface area (Å²) in [6.45, 7) is 6.27. The van der Waals surface area contributed by atoms with Crippen molar-refractivity contribution in [2.24, 2.45) is 0 Å². The number of aliphatic hydroxyl groups excluding tert-OH is 1. The van der Waals surface area contributed by atoms with Crippen molar-refractivity contribution >= 4 is 0 Å². The van der Waals surface area contributed by atoms with Crippen LogP contribution in [0.2, 0.25) is 0 Å². The lowest BCUT2D eigenvalue weighted by Gasteiger charge is -2.02. The molecule has 2 nitrogen and oxygen atoms in total. The van der Waals surface area contributed by atoms with Crippen LogP contribution in [0.15, 0.2) is 12.7 Å². The Morgan fingerprint density at radius 2 is 2.50 bits per heavy atom. The molecule has 0 aromatic carbocycles. The van der Waals surface area contributed by atoms with Crippen molar-refractivity contribution in [3.05, 3.63) is 12.7 Å². The molecule has 0 aliphatic rings. The first kappa shape index (κ1) is 7.66. The molecule has 0 radical (unpaired) electrons. The van der Waals surface area contributed by atoms with Gasteiger partial charge in [-0.2, -0.15) is 0 Å². The molecule has 0 saturated heterocycles. The number of hydrogen-bond donors (Lipinski definition) is 1. The molecular weight excluding hydrogens is 104 g/mol. The van der Waals surface area contributed by atoms with Crippen molar-refractivity contribution in [1.29, 1.82) is 0 Å². The Labute approximate surface area is 49.8 Å². The first-order chi connectivity index (χ1) is 3.81. The molecule has 1 N–H and O–H groups in total. The molecule has 1 atom stereocenters. The fourth-order valence-electron chi connectivity index (χ4n) is 0.307. The highest BCUT2D eigenvalue weighted by Crippen LogP contribution is 1.83. The Balaban J connectivity index is 2.98. The van der Waals surface area contributed by atoms with E-state index in [9.17, 15) is 0 Å². The quantitative estimate of drug-likeness (QED) is 0.544. The summed E-state index contributed by atoms with van der Waals surface area (Å²) in [5.41, 5.74) is 0. The summed E-state index contributed by atoms with van der Waals surface area (Å²) in [5, 5.41) is 8.75. The second-order valence-corrected chi connectivity index (χ2v) is 1.46. The highest BCUT2D eigenvalue weighted by atomic mass is 16.5. The zero-order valence-electron chi connectivity index (χ0n) is 5.13. The van der Waals surface area contributed by atoms with Gasteiger partial charge in [0.2, 0.25) is 0 Å².